The van der Waals surface area contributed by atoms with Crippen molar-refractivity contribution < 1.29 is 0 Å². The highest BCUT2D eigenvalue weighted by Crippen LogP contribution is 2.53. The lowest BCUT2D eigenvalue weighted by atomic mass is 9.65. The molecule has 1 aromatic carbocycles. The van der Waals surface area contributed by atoms with Gasteiger partial charge < -0.3 is 10.3 Å². The van der Waals surface area contributed by atoms with E-state index >= 15 is 0 Å². The van der Waals surface area contributed by atoms with E-state index in [1.807, 2.05) is 0 Å². The predicted octanol–water partition coefficient (Wildman–Crippen LogP) is 11.8. The fraction of sp³-hybridized carbons (Fsp3) is 0.375. The molecule has 7 aliphatic rings. The molecule has 0 spiro atoms. The average molecular weight is 657 g/mol. The second kappa shape index (κ2) is 13.4. The lowest BCUT2D eigenvalue weighted by molar-refractivity contribution is 0.372. The summed E-state index contributed by atoms with van der Waals surface area (Å²) in [5.41, 5.74) is 24.6. The number of unbranched alkanes of at least 4 members (excludes halogenated alkanes) is 1. The van der Waals surface area contributed by atoms with E-state index in [0.29, 0.717) is 29.7 Å². The van der Waals surface area contributed by atoms with Crippen molar-refractivity contribution in [3.63, 3.8) is 0 Å². The molecule has 0 bridgehead atoms. The van der Waals surface area contributed by atoms with Crippen molar-refractivity contribution in [1.82, 2.24) is 4.57 Å². The number of fused-ring (bicyclic) bond motifs is 8. The molecule has 0 saturated carbocycles. The summed E-state index contributed by atoms with van der Waals surface area (Å²) in [6.07, 6.45) is 47.6. The average Bonchev–Trinajstić information content (AvgIpc) is 3.50. The first kappa shape index (κ1) is 31.7. The lowest BCUT2D eigenvalue weighted by Gasteiger charge is -2.42. The summed E-state index contributed by atoms with van der Waals surface area (Å²) >= 11 is 0. The topological polar surface area (TPSA) is 30.9 Å². The van der Waals surface area contributed by atoms with Gasteiger partial charge in [-0.3, -0.25) is 0 Å². The van der Waals surface area contributed by atoms with Gasteiger partial charge in [0.15, 0.2) is 0 Å². The summed E-state index contributed by atoms with van der Waals surface area (Å²) < 4.78 is 2.83. The third-order valence-electron chi connectivity index (χ3n) is 12.8. The SMILES string of the molecule is C/C=C\CCCC1=C(C2=C(N)C[C@@H]([C@H]3C=Cc4c5c(n(C6C=C[C@H]7c8ccccc8C8=C(CCC=C8)C7C6)c4C3)CCC=C5)C=C2)C=CCC1. The maximum Gasteiger partial charge on any atom is 0.0522 e. The first-order valence-corrected chi connectivity index (χ1v) is 19.6. The van der Waals surface area contributed by atoms with Crippen LogP contribution in [-0.4, -0.2) is 4.57 Å². The highest BCUT2D eigenvalue weighted by molar-refractivity contribution is 5.82. The third kappa shape index (κ3) is 5.47. The molecule has 2 unspecified atom stereocenters. The minimum absolute atomic E-state index is 0.395. The van der Waals surface area contributed by atoms with Gasteiger partial charge in [0.25, 0.3) is 0 Å². The van der Waals surface area contributed by atoms with Crippen LogP contribution >= 0.6 is 0 Å². The molecule has 9 rings (SSSR count). The Hall–Kier alpha value is -4.30. The van der Waals surface area contributed by atoms with Crippen LogP contribution in [0, 0.1) is 17.8 Å². The van der Waals surface area contributed by atoms with E-state index in [1.54, 1.807) is 22.5 Å². The first-order chi connectivity index (χ1) is 24.7. The molecule has 5 atom stereocenters. The molecular formula is C48H52N2. The van der Waals surface area contributed by atoms with Gasteiger partial charge in [-0.25, -0.2) is 0 Å². The highest BCUT2D eigenvalue weighted by atomic mass is 15.0. The Kier molecular flexibility index (Phi) is 8.51. The Morgan fingerprint density at radius 2 is 1.54 bits per heavy atom. The Balaban J connectivity index is 1.01. The second-order valence-electron chi connectivity index (χ2n) is 15.6. The van der Waals surface area contributed by atoms with Crippen molar-refractivity contribution in [2.24, 2.45) is 23.5 Å². The number of aromatic nitrogens is 1. The lowest BCUT2D eigenvalue weighted by Crippen LogP contribution is -2.30. The van der Waals surface area contributed by atoms with E-state index in [4.69, 9.17) is 5.73 Å². The van der Waals surface area contributed by atoms with Gasteiger partial charge in [-0.1, -0.05) is 120 Å². The number of rotatable bonds is 7. The van der Waals surface area contributed by atoms with Gasteiger partial charge in [-0.05, 0) is 124 Å². The minimum atomic E-state index is 0.395. The summed E-state index contributed by atoms with van der Waals surface area (Å²) in [4.78, 5) is 0. The van der Waals surface area contributed by atoms with Crippen molar-refractivity contribution in [1.29, 1.82) is 0 Å². The van der Waals surface area contributed by atoms with Gasteiger partial charge >= 0.3 is 0 Å². The fourth-order valence-corrected chi connectivity index (χ4v) is 10.5. The molecule has 2 nitrogen and oxygen atoms in total. The number of nitrogens with zero attached hydrogens (tertiary/aromatic N) is 1. The van der Waals surface area contributed by atoms with Gasteiger partial charge in [0.1, 0.15) is 0 Å². The van der Waals surface area contributed by atoms with E-state index in [9.17, 15) is 0 Å². The second-order valence-corrected chi connectivity index (χ2v) is 15.6. The molecule has 7 aliphatic carbocycles. The number of benzene rings is 1. The van der Waals surface area contributed by atoms with Crippen LogP contribution in [0.15, 0.2) is 125 Å². The summed E-state index contributed by atoms with van der Waals surface area (Å²) in [5, 5.41) is 0. The van der Waals surface area contributed by atoms with Gasteiger partial charge in [-0.15, -0.1) is 0 Å². The molecule has 2 aromatic rings. The summed E-state index contributed by atoms with van der Waals surface area (Å²) in [6.45, 7) is 2.12. The third-order valence-corrected chi connectivity index (χ3v) is 12.8. The molecule has 0 amide bonds. The summed E-state index contributed by atoms with van der Waals surface area (Å²) in [6, 6.07) is 9.60. The van der Waals surface area contributed by atoms with Crippen molar-refractivity contribution >= 4 is 17.7 Å². The monoisotopic (exact) mass is 656 g/mol. The van der Waals surface area contributed by atoms with Crippen LogP contribution < -0.4 is 5.73 Å². The summed E-state index contributed by atoms with van der Waals surface area (Å²) in [7, 11) is 0. The predicted molar refractivity (Wildman–Crippen MR) is 211 cm³/mol. The largest absolute Gasteiger partial charge is 0.402 e. The molecule has 254 valence electrons. The fourth-order valence-electron chi connectivity index (χ4n) is 10.5. The molecule has 50 heavy (non-hydrogen) atoms. The minimum Gasteiger partial charge on any atom is -0.402 e. The zero-order valence-electron chi connectivity index (χ0n) is 29.8. The molecule has 0 saturated heterocycles. The summed E-state index contributed by atoms with van der Waals surface area (Å²) in [5.74, 6) is 1.94. The van der Waals surface area contributed by atoms with E-state index in [-0.39, 0.29) is 0 Å². The Labute approximate surface area is 299 Å². The highest BCUT2D eigenvalue weighted by Gasteiger charge is 2.39. The number of hydrogen-bond donors (Lipinski definition) is 1. The van der Waals surface area contributed by atoms with Gasteiger partial charge in [0.05, 0.1) is 6.04 Å². The first-order valence-electron chi connectivity index (χ1n) is 19.6. The molecule has 1 aromatic heterocycles. The molecule has 2 heteroatoms. The maximum atomic E-state index is 7.01. The molecule has 1 heterocycles. The molecule has 0 radical (unpaired) electrons. The quantitative estimate of drug-likeness (QED) is 0.233. The van der Waals surface area contributed by atoms with Gasteiger partial charge in [0.2, 0.25) is 0 Å². The Bertz CT molecular complexity index is 2000. The van der Waals surface area contributed by atoms with Crippen molar-refractivity contribution in [3.05, 3.63) is 159 Å². The van der Waals surface area contributed by atoms with E-state index in [2.05, 4.69) is 121 Å². The van der Waals surface area contributed by atoms with Crippen LogP contribution in [0.5, 0.6) is 0 Å². The van der Waals surface area contributed by atoms with E-state index < -0.39 is 0 Å². The molecular weight excluding hydrogens is 605 g/mol. The standard InChI is InChI=1S/C48H52N2/c1-2-3-4-5-14-32-15-6-7-16-36(32)42-26-23-33(29-46(42)49)34-24-27-44-43-21-12-13-22-47(43)50(48(44)30-34)35-25-28-41-39-19-9-8-17-37(39)38-18-10-11-20-40(38)45(41)31-35/h2-3,7-10,12,16-19,21,23-28,33-35,41,45H,4-6,11,13-15,20,22,29-31,49H2,1H3/b3-2-/t33-,34-,35?,41-,45?/m0/s1. The van der Waals surface area contributed by atoms with Crippen LogP contribution in [0.3, 0.4) is 0 Å². The smallest absolute Gasteiger partial charge is 0.0522 e. The van der Waals surface area contributed by atoms with Crippen molar-refractivity contribution in [3.8, 4) is 0 Å². The van der Waals surface area contributed by atoms with Crippen LogP contribution in [0.4, 0.5) is 0 Å². The number of allylic oxidation sites excluding steroid dienone is 18. The molecule has 2 N–H and O–H groups in total. The van der Waals surface area contributed by atoms with Crippen molar-refractivity contribution in [2.75, 3.05) is 0 Å². The van der Waals surface area contributed by atoms with Crippen molar-refractivity contribution in [2.45, 2.75) is 95.9 Å². The van der Waals surface area contributed by atoms with Crippen LogP contribution in [0.1, 0.15) is 117 Å². The number of nitrogens with two attached hydrogens (primary N) is 1. The van der Waals surface area contributed by atoms with E-state index in [0.717, 1.165) is 44.2 Å². The Morgan fingerprint density at radius 3 is 2.44 bits per heavy atom. The Morgan fingerprint density at radius 1 is 0.760 bits per heavy atom. The van der Waals surface area contributed by atoms with Gasteiger partial charge in [-0.2, -0.15) is 0 Å². The van der Waals surface area contributed by atoms with Gasteiger partial charge in [0, 0.05) is 39.7 Å². The zero-order valence-corrected chi connectivity index (χ0v) is 29.8. The molecule has 0 aliphatic heterocycles. The van der Waals surface area contributed by atoms with E-state index in [1.165, 1.54) is 77.5 Å². The normalized spacial score (nSPS) is 27.9. The maximum absolute atomic E-state index is 7.01. The number of hydrogen-bond acceptors (Lipinski definition) is 1. The molecule has 0 fully saturated rings. The van der Waals surface area contributed by atoms with Crippen LogP contribution in [-0.2, 0) is 12.8 Å². The van der Waals surface area contributed by atoms with Crippen LogP contribution in [0.25, 0.3) is 17.7 Å². The zero-order chi connectivity index (χ0) is 33.6. The van der Waals surface area contributed by atoms with Crippen LogP contribution in [0.2, 0.25) is 0 Å².